The summed E-state index contributed by atoms with van der Waals surface area (Å²) in [5, 5.41) is 6.75. The molecule has 0 aliphatic rings. The van der Waals surface area contributed by atoms with Crippen LogP contribution in [-0.4, -0.2) is 25.1 Å². The van der Waals surface area contributed by atoms with Crippen LogP contribution in [0.25, 0.3) is 0 Å². The summed E-state index contributed by atoms with van der Waals surface area (Å²) in [6.07, 6.45) is 1.58. The van der Waals surface area contributed by atoms with Gasteiger partial charge >= 0.3 is 0 Å². The van der Waals surface area contributed by atoms with E-state index in [0.717, 1.165) is 16.9 Å². The normalized spacial score (nSPS) is 10.3. The number of aromatic nitrogens is 1. The van der Waals surface area contributed by atoms with Crippen LogP contribution in [-0.2, 0) is 0 Å². The van der Waals surface area contributed by atoms with E-state index in [9.17, 15) is 4.79 Å². The Morgan fingerprint density at radius 2 is 1.79 bits per heavy atom. The summed E-state index contributed by atoms with van der Waals surface area (Å²) < 4.78 is 10.5. The Bertz CT molecular complexity index is 1010. The summed E-state index contributed by atoms with van der Waals surface area (Å²) in [7, 11) is 3.10. The molecule has 0 atom stereocenters. The summed E-state index contributed by atoms with van der Waals surface area (Å²) in [4.78, 5) is 16.8. The average Bonchev–Trinajstić information content (AvgIpc) is 2.71. The van der Waals surface area contributed by atoms with Crippen LogP contribution in [0.5, 0.6) is 11.5 Å². The number of halogens is 1. The Morgan fingerprint density at radius 1 is 1.00 bits per heavy atom. The van der Waals surface area contributed by atoms with Crippen LogP contribution < -0.4 is 20.1 Å². The maximum absolute atomic E-state index is 12.6. The van der Waals surface area contributed by atoms with E-state index in [-0.39, 0.29) is 11.6 Å². The number of carbonyl (C=O) groups is 1. The van der Waals surface area contributed by atoms with Crippen LogP contribution in [0.2, 0.25) is 5.02 Å². The maximum Gasteiger partial charge on any atom is 0.274 e. The van der Waals surface area contributed by atoms with Gasteiger partial charge in [-0.05, 0) is 48.9 Å². The second-order valence-corrected chi connectivity index (χ2v) is 6.40. The minimum absolute atomic E-state index is 0.277. The van der Waals surface area contributed by atoms with Crippen molar-refractivity contribution in [2.24, 2.45) is 0 Å². The van der Waals surface area contributed by atoms with Crippen LogP contribution in [0.3, 0.4) is 0 Å². The van der Waals surface area contributed by atoms with E-state index < -0.39 is 0 Å². The van der Waals surface area contributed by atoms with Gasteiger partial charge in [-0.1, -0.05) is 17.7 Å². The molecule has 144 valence electrons. The Morgan fingerprint density at radius 3 is 2.54 bits per heavy atom. The molecular weight excluding hydrogens is 378 g/mol. The van der Waals surface area contributed by atoms with Gasteiger partial charge in [0.15, 0.2) is 11.5 Å². The molecule has 2 aromatic carbocycles. The molecule has 1 aromatic heterocycles. The van der Waals surface area contributed by atoms with Crippen LogP contribution in [0.1, 0.15) is 16.1 Å². The topological polar surface area (TPSA) is 72.5 Å². The largest absolute Gasteiger partial charge is 0.493 e. The Balaban J connectivity index is 1.78. The number of rotatable bonds is 6. The summed E-state index contributed by atoms with van der Waals surface area (Å²) in [5.41, 5.74) is 3.38. The highest BCUT2D eigenvalue weighted by atomic mass is 35.5. The third-order valence-electron chi connectivity index (χ3n) is 4.18. The predicted octanol–water partition coefficient (Wildman–Crippen LogP) is 5.06. The number of carbonyl (C=O) groups excluding carboxylic acids is 1. The van der Waals surface area contributed by atoms with E-state index in [1.54, 1.807) is 43.6 Å². The van der Waals surface area contributed by atoms with Gasteiger partial charge < -0.3 is 20.1 Å². The number of hydrogen-bond acceptors (Lipinski definition) is 5. The number of nitrogens with zero attached hydrogens (tertiary/aromatic N) is 1. The fraction of sp³-hybridized carbons (Fsp3) is 0.143. The third kappa shape index (κ3) is 4.35. The number of anilines is 3. The summed E-state index contributed by atoms with van der Waals surface area (Å²) in [5.74, 6) is 0.778. The summed E-state index contributed by atoms with van der Waals surface area (Å²) >= 11 is 6.16. The van der Waals surface area contributed by atoms with Crippen molar-refractivity contribution < 1.29 is 14.3 Å². The minimum atomic E-state index is -0.335. The molecule has 7 heteroatoms. The summed E-state index contributed by atoms with van der Waals surface area (Å²) in [6.45, 7) is 1.93. The zero-order chi connectivity index (χ0) is 20.1. The average molecular weight is 398 g/mol. The van der Waals surface area contributed by atoms with Gasteiger partial charge in [0.25, 0.3) is 5.91 Å². The fourth-order valence-corrected chi connectivity index (χ4v) is 2.81. The lowest BCUT2D eigenvalue weighted by atomic mass is 10.2. The van der Waals surface area contributed by atoms with Crippen molar-refractivity contribution in [1.82, 2.24) is 4.98 Å². The van der Waals surface area contributed by atoms with Gasteiger partial charge in [-0.15, -0.1) is 0 Å². The number of amides is 1. The lowest BCUT2D eigenvalue weighted by Gasteiger charge is -2.12. The van der Waals surface area contributed by atoms with Crippen LogP contribution >= 0.6 is 11.6 Å². The lowest BCUT2D eigenvalue weighted by Crippen LogP contribution is -2.14. The molecule has 0 aliphatic heterocycles. The number of methoxy groups -OCH3 is 2. The molecule has 0 bridgehead atoms. The van der Waals surface area contributed by atoms with Crippen molar-refractivity contribution in [2.45, 2.75) is 6.92 Å². The van der Waals surface area contributed by atoms with Crippen molar-refractivity contribution in [3.8, 4) is 11.5 Å². The molecule has 0 saturated carbocycles. The van der Waals surface area contributed by atoms with Gasteiger partial charge in [-0.3, -0.25) is 9.78 Å². The first kappa shape index (κ1) is 19.5. The van der Waals surface area contributed by atoms with Crippen molar-refractivity contribution in [3.63, 3.8) is 0 Å². The van der Waals surface area contributed by atoms with Gasteiger partial charge in [0, 0.05) is 34.3 Å². The highest BCUT2D eigenvalue weighted by Gasteiger charge is 2.12. The number of hydrogen-bond donors (Lipinski definition) is 2. The first-order valence-electron chi connectivity index (χ1n) is 8.53. The molecule has 0 saturated heterocycles. The van der Waals surface area contributed by atoms with Crippen molar-refractivity contribution in [1.29, 1.82) is 0 Å². The molecule has 6 nitrogen and oxygen atoms in total. The third-order valence-corrected chi connectivity index (χ3v) is 4.59. The van der Waals surface area contributed by atoms with Gasteiger partial charge in [0.1, 0.15) is 5.69 Å². The molecule has 0 fully saturated rings. The number of pyridine rings is 1. The Kier molecular flexibility index (Phi) is 6.01. The van der Waals surface area contributed by atoms with E-state index in [1.165, 1.54) is 7.11 Å². The first-order valence-corrected chi connectivity index (χ1v) is 8.91. The molecule has 1 heterocycles. The quantitative estimate of drug-likeness (QED) is 0.608. The molecule has 0 unspecified atom stereocenters. The molecule has 1 amide bonds. The molecule has 28 heavy (non-hydrogen) atoms. The number of ether oxygens (including phenoxy) is 2. The minimum Gasteiger partial charge on any atom is -0.493 e. The fourth-order valence-electron chi connectivity index (χ4n) is 2.64. The van der Waals surface area contributed by atoms with Gasteiger partial charge in [-0.25, -0.2) is 0 Å². The molecule has 0 aliphatic carbocycles. The SMILES string of the molecule is COc1ccc(NC(=O)c2cc(Nc3cccc(Cl)c3C)ccn2)cc1OC. The monoisotopic (exact) mass is 397 g/mol. The van der Waals surface area contributed by atoms with Crippen molar-refractivity contribution in [2.75, 3.05) is 24.9 Å². The highest BCUT2D eigenvalue weighted by Crippen LogP contribution is 2.30. The first-order chi connectivity index (χ1) is 13.5. The number of benzene rings is 2. The molecule has 0 radical (unpaired) electrons. The zero-order valence-corrected chi connectivity index (χ0v) is 16.5. The Labute approximate surface area is 168 Å². The standard InChI is InChI=1S/C21H20ClN3O3/c1-13-16(22)5-4-6-17(13)24-15-9-10-23-18(11-15)21(26)25-14-7-8-19(27-2)20(12-14)28-3/h4-12H,1-3H3,(H,23,24)(H,25,26). The summed E-state index contributed by atoms with van der Waals surface area (Å²) in [6, 6.07) is 14.2. The lowest BCUT2D eigenvalue weighted by molar-refractivity contribution is 0.102. The van der Waals surface area contributed by atoms with Crippen LogP contribution in [0.15, 0.2) is 54.7 Å². The second-order valence-electron chi connectivity index (χ2n) is 5.99. The van der Waals surface area contributed by atoms with E-state index in [4.69, 9.17) is 21.1 Å². The number of nitrogens with one attached hydrogen (secondary N) is 2. The van der Waals surface area contributed by atoms with Gasteiger partial charge in [0.2, 0.25) is 0 Å². The molecular formula is C21H20ClN3O3. The molecule has 0 spiro atoms. The smallest absolute Gasteiger partial charge is 0.274 e. The molecule has 3 aromatic rings. The van der Waals surface area contributed by atoms with E-state index in [2.05, 4.69) is 15.6 Å². The van der Waals surface area contributed by atoms with E-state index >= 15 is 0 Å². The van der Waals surface area contributed by atoms with Crippen molar-refractivity contribution in [3.05, 3.63) is 71.0 Å². The van der Waals surface area contributed by atoms with Gasteiger partial charge in [0.05, 0.1) is 14.2 Å². The van der Waals surface area contributed by atoms with Gasteiger partial charge in [-0.2, -0.15) is 0 Å². The molecule has 2 N–H and O–H groups in total. The van der Waals surface area contributed by atoms with Crippen LogP contribution in [0, 0.1) is 6.92 Å². The van der Waals surface area contributed by atoms with Crippen molar-refractivity contribution >= 4 is 34.6 Å². The van der Waals surface area contributed by atoms with Crippen LogP contribution in [0.4, 0.5) is 17.1 Å². The maximum atomic E-state index is 12.6. The highest BCUT2D eigenvalue weighted by molar-refractivity contribution is 6.31. The van der Waals surface area contributed by atoms with E-state index in [0.29, 0.717) is 22.2 Å². The second kappa shape index (κ2) is 8.63. The molecule has 3 rings (SSSR count). The zero-order valence-electron chi connectivity index (χ0n) is 15.7. The van der Waals surface area contributed by atoms with E-state index in [1.807, 2.05) is 25.1 Å². The predicted molar refractivity (Wildman–Crippen MR) is 111 cm³/mol. The Hall–Kier alpha value is -3.25.